The number of rotatable bonds is 3. The van der Waals surface area contributed by atoms with Crippen LogP contribution in [0.25, 0.3) is 6.08 Å². The first-order valence-electron chi connectivity index (χ1n) is 7.39. The molecular weight excluding hydrogens is 260 g/mol. The van der Waals surface area contributed by atoms with E-state index in [1.165, 1.54) is 24.8 Å². The molecule has 0 N–H and O–H groups in total. The molecule has 0 radical (unpaired) electrons. The summed E-state index contributed by atoms with van der Waals surface area (Å²) >= 11 is 0. The van der Waals surface area contributed by atoms with Crippen LogP contribution in [0.3, 0.4) is 0 Å². The van der Waals surface area contributed by atoms with Crippen molar-refractivity contribution < 1.29 is 0 Å². The predicted octanol–water partition coefficient (Wildman–Crippen LogP) is 3.08. The van der Waals surface area contributed by atoms with Gasteiger partial charge in [-0.25, -0.2) is 0 Å². The molecule has 1 aliphatic heterocycles. The van der Waals surface area contributed by atoms with Crippen molar-refractivity contribution in [3.05, 3.63) is 42.0 Å². The highest BCUT2D eigenvalue weighted by molar-refractivity contribution is 5.80. The summed E-state index contributed by atoms with van der Waals surface area (Å²) in [6.45, 7) is 6.48. The number of hydrogen-bond donors (Lipinski definition) is 0. The Bertz CT molecular complexity index is 533. The Balaban J connectivity index is 2.07. The van der Waals surface area contributed by atoms with E-state index in [4.69, 9.17) is 5.26 Å². The van der Waals surface area contributed by atoms with Crippen LogP contribution in [0.1, 0.15) is 30.4 Å². The molecule has 0 spiro atoms. The molecule has 0 aliphatic carbocycles. The molecule has 4 nitrogen and oxygen atoms in total. The summed E-state index contributed by atoms with van der Waals surface area (Å²) in [6.07, 6.45) is 7.39. The van der Waals surface area contributed by atoms with E-state index in [2.05, 4.69) is 45.6 Å². The minimum Gasteiger partial charge on any atom is -0.342 e. The van der Waals surface area contributed by atoms with Crippen LogP contribution in [0.5, 0.6) is 0 Å². The summed E-state index contributed by atoms with van der Waals surface area (Å²) in [4.78, 5) is 8.30. The molecule has 0 unspecified atom stereocenters. The second-order valence-electron chi connectivity index (χ2n) is 5.36. The van der Waals surface area contributed by atoms with Gasteiger partial charge < -0.3 is 9.80 Å². The van der Waals surface area contributed by atoms with Gasteiger partial charge in [0, 0.05) is 26.7 Å². The lowest BCUT2D eigenvalue weighted by molar-refractivity contribution is 0.295. The third-order valence-corrected chi connectivity index (χ3v) is 3.77. The van der Waals surface area contributed by atoms with Gasteiger partial charge in [-0.2, -0.15) is 5.26 Å². The van der Waals surface area contributed by atoms with Gasteiger partial charge in [0.1, 0.15) is 0 Å². The Morgan fingerprint density at radius 2 is 2.00 bits per heavy atom. The van der Waals surface area contributed by atoms with Crippen molar-refractivity contribution in [2.45, 2.75) is 25.8 Å². The summed E-state index contributed by atoms with van der Waals surface area (Å²) in [7, 11) is 1.99. The fourth-order valence-electron chi connectivity index (χ4n) is 2.64. The highest BCUT2D eigenvalue weighted by Crippen LogP contribution is 2.13. The first-order chi connectivity index (χ1) is 10.2. The SMILES string of the molecule is C=Cc1ccc(CN(C)C(=NC#N)N2CCCCC2)cc1. The third-order valence-electron chi connectivity index (χ3n) is 3.77. The Morgan fingerprint density at radius 3 is 2.57 bits per heavy atom. The molecular formula is C17H22N4. The number of nitriles is 1. The molecule has 1 aliphatic rings. The average Bonchev–Trinajstić information content (AvgIpc) is 2.54. The van der Waals surface area contributed by atoms with E-state index in [-0.39, 0.29) is 0 Å². The monoisotopic (exact) mass is 282 g/mol. The van der Waals surface area contributed by atoms with Gasteiger partial charge >= 0.3 is 0 Å². The fourth-order valence-corrected chi connectivity index (χ4v) is 2.64. The average molecular weight is 282 g/mol. The van der Waals surface area contributed by atoms with Crippen LogP contribution in [0.2, 0.25) is 0 Å². The third kappa shape index (κ3) is 4.09. The molecule has 1 aromatic carbocycles. The van der Waals surface area contributed by atoms with E-state index in [0.29, 0.717) is 0 Å². The van der Waals surface area contributed by atoms with Gasteiger partial charge in [-0.05, 0) is 30.4 Å². The molecule has 0 atom stereocenters. The van der Waals surface area contributed by atoms with Crippen LogP contribution >= 0.6 is 0 Å². The molecule has 1 saturated heterocycles. The molecule has 0 saturated carbocycles. The van der Waals surface area contributed by atoms with Crippen LogP contribution in [-0.4, -0.2) is 35.9 Å². The molecule has 0 aromatic heterocycles. The van der Waals surface area contributed by atoms with Crippen molar-refractivity contribution in [2.24, 2.45) is 4.99 Å². The number of nitrogens with zero attached hydrogens (tertiary/aromatic N) is 4. The van der Waals surface area contributed by atoms with E-state index < -0.39 is 0 Å². The smallest absolute Gasteiger partial charge is 0.212 e. The number of likely N-dealkylation sites (tertiary alicyclic amines) is 1. The van der Waals surface area contributed by atoms with E-state index in [0.717, 1.165) is 31.2 Å². The van der Waals surface area contributed by atoms with Crippen LogP contribution in [0.15, 0.2) is 35.8 Å². The summed E-state index contributed by atoms with van der Waals surface area (Å²) in [6, 6.07) is 8.29. The first kappa shape index (κ1) is 15.1. The summed E-state index contributed by atoms with van der Waals surface area (Å²) in [5, 5.41) is 8.95. The van der Waals surface area contributed by atoms with Crippen LogP contribution in [0.4, 0.5) is 0 Å². The van der Waals surface area contributed by atoms with Gasteiger partial charge in [0.2, 0.25) is 12.2 Å². The number of hydrogen-bond acceptors (Lipinski definition) is 2. The molecule has 0 amide bonds. The topological polar surface area (TPSA) is 42.6 Å². The van der Waals surface area contributed by atoms with Crippen molar-refractivity contribution in [1.82, 2.24) is 9.80 Å². The lowest BCUT2D eigenvalue weighted by atomic mass is 10.1. The van der Waals surface area contributed by atoms with Gasteiger partial charge in [-0.3, -0.25) is 0 Å². The zero-order valence-corrected chi connectivity index (χ0v) is 12.6. The van der Waals surface area contributed by atoms with E-state index in [1.54, 1.807) is 0 Å². The highest BCUT2D eigenvalue weighted by atomic mass is 15.4. The van der Waals surface area contributed by atoms with Crippen molar-refractivity contribution >= 4 is 12.0 Å². The zero-order chi connectivity index (χ0) is 15.1. The van der Waals surface area contributed by atoms with Gasteiger partial charge in [0.25, 0.3) is 0 Å². The second kappa shape index (κ2) is 7.49. The van der Waals surface area contributed by atoms with E-state index in [1.807, 2.05) is 19.3 Å². The summed E-state index contributed by atoms with van der Waals surface area (Å²) in [5.74, 6) is 0.782. The molecule has 1 aromatic rings. The van der Waals surface area contributed by atoms with Crippen LogP contribution in [0, 0.1) is 11.5 Å². The molecule has 1 heterocycles. The zero-order valence-electron chi connectivity index (χ0n) is 12.6. The standard InChI is InChI=1S/C17H22N4/c1-3-15-7-9-16(10-8-15)13-20(2)17(19-14-18)21-11-5-4-6-12-21/h3,7-10H,1,4-6,11-13H2,2H3. The maximum atomic E-state index is 8.95. The molecule has 21 heavy (non-hydrogen) atoms. The van der Waals surface area contributed by atoms with E-state index >= 15 is 0 Å². The lowest BCUT2D eigenvalue weighted by Gasteiger charge is -2.34. The number of guanidine groups is 1. The van der Waals surface area contributed by atoms with E-state index in [9.17, 15) is 0 Å². The molecule has 4 heteroatoms. The highest BCUT2D eigenvalue weighted by Gasteiger charge is 2.18. The van der Waals surface area contributed by atoms with Gasteiger partial charge in [-0.15, -0.1) is 4.99 Å². The number of benzene rings is 1. The quantitative estimate of drug-likeness (QED) is 0.486. The van der Waals surface area contributed by atoms with Crippen LogP contribution in [-0.2, 0) is 6.54 Å². The van der Waals surface area contributed by atoms with Crippen molar-refractivity contribution in [3.63, 3.8) is 0 Å². The van der Waals surface area contributed by atoms with Gasteiger partial charge in [0.05, 0.1) is 0 Å². The van der Waals surface area contributed by atoms with Gasteiger partial charge in [-0.1, -0.05) is 36.9 Å². The molecule has 0 bridgehead atoms. The summed E-state index contributed by atoms with van der Waals surface area (Å²) in [5.41, 5.74) is 2.31. The lowest BCUT2D eigenvalue weighted by Crippen LogP contribution is -2.44. The van der Waals surface area contributed by atoms with Crippen molar-refractivity contribution in [1.29, 1.82) is 5.26 Å². The first-order valence-corrected chi connectivity index (χ1v) is 7.39. The Kier molecular flexibility index (Phi) is 5.39. The van der Waals surface area contributed by atoms with Crippen molar-refractivity contribution in [2.75, 3.05) is 20.1 Å². The van der Waals surface area contributed by atoms with Crippen LogP contribution < -0.4 is 0 Å². The molecule has 1 fully saturated rings. The summed E-state index contributed by atoms with van der Waals surface area (Å²) < 4.78 is 0. The maximum absolute atomic E-state index is 8.95. The van der Waals surface area contributed by atoms with Gasteiger partial charge in [0.15, 0.2) is 0 Å². The molecule has 2 rings (SSSR count). The normalized spacial score (nSPS) is 15.4. The van der Waals surface area contributed by atoms with Crippen molar-refractivity contribution in [3.8, 4) is 6.19 Å². The predicted molar refractivity (Wildman–Crippen MR) is 86.5 cm³/mol. The molecule has 110 valence electrons. The Hall–Kier alpha value is -2.28. The Morgan fingerprint density at radius 1 is 1.33 bits per heavy atom. The minimum absolute atomic E-state index is 0.744. The minimum atomic E-state index is 0.744. The number of piperidine rings is 1. The maximum Gasteiger partial charge on any atom is 0.212 e. The largest absolute Gasteiger partial charge is 0.342 e. The fraction of sp³-hybridized carbons (Fsp3) is 0.412. The Labute approximate surface area is 127 Å². The second-order valence-corrected chi connectivity index (χ2v) is 5.36. The number of aliphatic imine (C=N–C) groups is 1.